The van der Waals surface area contributed by atoms with Crippen LogP contribution in [-0.2, 0) is 17.6 Å². The monoisotopic (exact) mass is 248 g/mol. The van der Waals surface area contributed by atoms with Crippen molar-refractivity contribution in [3.8, 4) is 0 Å². The van der Waals surface area contributed by atoms with Gasteiger partial charge in [-0.05, 0) is 46.7 Å². The molecule has 2 aromatic carbocycles. The number of benzene rings is 2. The maximum atomic E-state index is 5.41. The van der Waals surface area contributed by atoms with Gasteiger partial charge in [-0.3, -0.25) is 0 Å². The fourth-order valence-electron chi connectivity index (χ4n) is 2.93. The van der Waals surface area contributed by atoms with E-state index in [2.05, 4.69) is 54.6 Å². The van der Waals surface area contributed by atoms with E-state index in [0.29, 0.717) is 6.10 Å². The predicted molar refractivity (Wildman–Crippen MR) is 77.1 cm³/mol. The topological polar surface area (TPSA) is 12.5 Å². The lowest BCUT2D eigenvalue weighted by Gasteiger charge is -2.11. The molecule has 2 aromatic rings. The molecule has 0 saturated carbocycles. The first-order chi connectivity index (χ1) is 9.42. The van der Waals surface area contributed by atoms with Gasteiger partial charge in [0, 0.05) is 0 Å². The summed E-state index contributed by atoms with van der Waals surface area (Å²) in [5, 5.41) is 0. The summed E-state index contributed by atoms with van der Waals surface area (Å²) in [5.74, 6) is 0. The number of fused-ring (bicyclic) bond motifs is 2. The van der Waals surface area contributed by atoms with Crippen LogP contribution in [0.4, 0.5) is 0 Å². The third kappa shape index (κ3) is 2.00. The second-order valence-electron chi connectivity index (χ2n) is 5.27. The zero-order valence-electron chi connectivity index (χ0n) is 10.8. The van der Waals surface area contributed by atoms with Crippen LogP contribution < -0.4 is 0 Å². The van der Waals surface area contributed by atoms with Crippen molar-refractivity contribution in [3.63, 3.8) is 0 Å². The molecule has 0 amide bonds. The summed E-state index contributed by atoms with van der Waals surface area (Å²) in [6.07, 6.45) is 4.85. The average molecular weight is 248 g/mol. The van der Waals surface area contributed by atoms with Gasteiger partial charge >= 0.3 is 0 Å². The highest BCUT2D eigenvalue weighted by molar-refractivity contribution is 5.84. The summed E-state index contributed by atoms with van der Waals surface area (Å²) in [4.78, 5) is 0. The molecule has 0 aromatic heterocycles. The Morgan fingerprint density at radius 1 is 0.842 bits per heavy atom. The van der Waals surface area contributed by atoms with Crippen LogP contribution in [0.25, 0.3) is 5.57 Å². The highest BCUT2D eigenvalue weighted by Crippen LogP contribution is 2.34. The number of epoxide rings is 1. The van der Waals surface area contributed by atoms with Gasteiger partial charge in [-0.15, -0.1) is 0 Å². The van der Waals surface area contributed by atoms with Crippen LogP contribution in [0.1, 0.15) is 22.3 Å². The molecule has 94 valence electrons. The summed E-state index contributed by atoms with van der Waals surface area (Å²) in [6, 6.07) is 17.5. The van der Waals surface area contributed by atoms with Gasteiger partial charge in [0.1, 0.15) is 0 Å². The zero-order valence-corrected chi connectivity index (χ0v) is 10.8. The molecule has 0 N–H and O–H groups in total. The first-order valence-electron chi connectivity index (χ1n) is 6.92. The molecule has 1 unspecified atom stereocenters. The Hall–Kier alpha value is -1.86. The van der Waals surface area contributed by atoms with Crippen LogP contribution in [0.3, 0.4) is 0 Å². The molecular weight excluding hydrogens is 232 g/mol. The smallest absolute Gasteiger partial charge is 0.1000 e. The van der Waals surface area contributed by atoms with Gasteiger partial charge in [0.05, 0.1) is 12.7 Å². The normalized spacial score (nSPS) is 20.2. The van der Waals surface area contributed by atoms with E-state index in [4.69, 9.17) is 4.74 Å². The molecule has 2 aliphatic rings. The van der Waals surface area contributed by atoms with Gasteiger partial charge in [0.2, 0.25) is 0 Å². The van der Waals surface area contributed by atoms with Crippen LogP contribution in [0.5, 0.6) is 0 Å². The number of hydrogen-bond donors (Lipinski definition) is 0. The first kappa shape index (κ1) is 11.0. The van der Waals surface area contributed by atoms with Gasteiger partial charge in [-0.2, -0.15) is 0 Å². The first-order valence-corrected chi connectivity index (χ1v) is 6.92. The minimum atomic E-state index is 0.314. The van der Waals surface area contributed by atoms with Crippen molar-refractivity contribution in [1.82, 2.24) is 0 Å². The second-order valence-corrected chi connectivity index (χ2v) is 5.27. The molecule has 1 nitrogen and oxygen atoms in total. The largest absolute Gasteiger partial charge is 0.369 e. The number of aryl methyl sites for hydroxylation is 2. The minimum absolute atomic E-state index is 0.314. The molecule has 0 bridgehead atoms. The molecule has 0 radical (unpaired) electrons. The van der Waals surface area contributed by atoms with Gasteiger partial charge in [-0.25, -0.2) is 0 Å². The van der Waals surface area contributed by atoms with Crippen LogP contribution in [0, 0.1) is 0 Å². The van der Waals surface area contributed by atoms with Crippen LogP contribution in [-0.4, -0.2) is 12.7 Å². The number of ether oxygens (including phenoxy) is 1. The molecule has 1 atom stereocenters. The van der Waals surface area contributed by atoms with Crippen LogP contribution >= 0.6 is 0 Å². The van der Waals surface area contributed by atoms with Gasteiger partial charge < -0.3 is 4.74 Å². The van der Waals surface area contributed by atoms with E-state index in [1.807, 2.05) is 0 Å². The van der Waals surface area contributed by atoms with Crippen molar-refractivity contribution in [2.24, 2.45) is 0 Å². The predicted octanol–water partition coefficient (Wildman–Crippen LogP) is 3.62. The van der Waals surface area contributed by atoms with Crippen LogP contribution in [0.15, 0.2) is 54.6 Å². The summed E-state index contributed by atoms with van der Waals surface area (Å²) in [7, 11) is 0. The molecule has 1 fully saturated rings. The molecule has 19 heavy (non-hydrogen) atoms. The average Bonchev–Trinajstić information content (AvgIpc) is 3.28. The Morgan fingerprint density at radius 2 is 1.37 bits per heavy atom. The molecular formula is C18H16O. The summed E-state index contributed by atoms with van der Waals surface area (Å²) < 4.78 is 5.41. The van der Waals surface area contributed by atoms with E-state index in [9.17, 15) is 0 Å². The lowest BCUT2D eigenvalue weighted by molar-refractivity contribution is 0.440. The Kier molecular flexibility index (Phi) is 2.52. The molecule has 1 saturated heterocycles. The third-order valence-corrected chi connectivity index (χ3v) is 3.99. The van der Waals surface area contributed by atoms with Gasteiger partial charge in [-0.1, -0.05) is 48.5 Å². The lowest BCUT2D eigenvalue weighted by Crippen LogP contribution is -1.94. The molecule has 0 spiro atoms. The lowest BCUT2D eigenvalue weighted by atomic mass is 9.93. The fourth-order valence-corrected chi connectivity index (χ4v) is 2.93. The zero-order chi connectivity index (χ0) is 12.7. The molecule has 1 aliphatic carbocycles. The Morgan fingerprint density at radius 3 is 1.89 bits per heavy atom. The SMILES string of the molecule is C(=C1c2ccccc2CCc2ccccc21)C1CO1. The van der Waals surface area contributed by atoms with E-state index in [1.165, 1.54) is 27.8 Å². The van der Waals surface area contributed by atoms with Crippen molar-refractivity contribution in [2.75, 3.05) is 6.61 Å². The third-order valence-electron chi connectivity index (χ3n) is 3.99. The minimum Gasteiger partial charge on any atom is -0.369 e. The molecule has 1 heteroatoms. The maximum Gasteiger partial charge on any atom is 0.1000 e. The van der Waals surface area contributed by atoms with E-state index in [-0.39, 0.29) is 0 Å². The fraction of sp³-hybridized carbons (Fsp3) is 0.222. The quantitative estimate of drug-likeness (QED) is 0.702. The highest BCUT2D eigenvalue weighted by atomic mass is 16.6. The standard InChI is InChI=1S/C18H16O/c1-3-7-16-13(5-1)9-10-14-6-2-4-8-17(14)18(16)11-15-12-19-15/h1-8,11,15H,9-10,12H2. The second kappa shape index (κ2) is 4.36. The molecule has 1 aliphatic heterocycles. The van der Waals surface area contributed by atoms with Crippen molar-refractivity contribution >= 4 is 5.57 Å². The Balaban J connectivity index is 1.95. The van der Waals surface area contributed by atoms with Crippen LogP contribution in [0.2, 0.25) is 0 Å². The molecule has 4 rings (SSSR count). The number of hydrogen-bond acceptors (Lipinski definition) is 1. The number of rotatable bonds is 1. The van der Waals surface area contributed by atoms with Crippen molar-refractivity contribution in [2.45, 2.75) is 18.9 Å². The van der Waals surface area contributed by atoms with Gasteiger partial charge in [0.25, 0.3) is 0 Å². The van der Waals surface area contributed by atoms with Gasteiger partial charge in [0.15, 0.2) is 0 Å². The summed E-state index contributed by atoms with van der Waals surface area (Å²) >= 11 is 0. The maximum absolute atomic E-state index is 5.41. The van der Waals surface area contributed by atoms with E-state index in [0.717, 1.165) is 19.4 Å². The molecule has 1 heterocycles. The Labute approximate surface area is 113 Å². The highest BCUT2D eigenvalue weighted by Gasteiger charge is 2.24. The summed E-state index contributed by atoms with van der Waals surface area (Å²) in [5.41, 5.74) is 7.01. The van der Waals surface area contributed by atoms with Crippen molar-refractivity contribution < 1.29 is 4.74 Å². The van der Waals surface area contributed by atoms with Crippen molar-refractivity contribution in [1.29, 1.82) is 0 Å². The summed E-state index contributed by atoms with van der Waals surface area (Å²) in [6.45, 7) is 0.869. The Bertz CT molecular complexity index is 601. The van der Waals surface area contributed by atoms with E-state index in [1.54, 1.807) is 0 Å². The van der Waals surface area contributed by atoms with E-state index >= 15 is 0 Å². The van der Waals surface area contributed by atoms with Crippen molar-refractivity contribution in [3.05, 3.63) is 76.9 Å². The van der Waals surface area contributed by atoms with E-state index < -0.39 is 0 Å².